The fraction of sp³-hybridized carbons (Fsp3) is 0.412. The van der Waals surface area contributed by atoms with Crippen molar-refractivity contribution >= 4 is 23.7 Å². The summed E-state index contributed by atoms with van der Waals surface area (Å²) in [7, 11) is 0. The van der Waals surface area contributed by atoms with Crippen molar-refractivity contribution < 1.29 is 28.3 Å². The third-order valence-electron chi connectivity index (χ3n) is 4.15. The van der Waals surface area contributed by atoms with E-state index in [4.69, 9.17) is 4.74 Å². The number of carbonyl (C=O) groups is 4. The van der Waals surface area contributed by atoms with Crippen LogP contribution in [0.4, 0.5) is 9.18 Å². The van der Waals surface area contributed by atoms with Crippen LogP contribution in [0.3, 0.4) is 0 Å². The van der Waals surface area contributed by atoms with Crippen LogP contribution in [0, 0.1) is 5.82 Å². The van der Waals surface area contributed by atoms with Crippen LogP contribution in [-0.4, -0.2) is 46.8 Å². The normalized spacial score (nSPS) is 21.0. The molecule has 3 amide bonds. The summed E-state index contributed by atoms with van der Waals surface area (Å²) in [5.41, 5.74) is -0.859. The Morgan fingerprint density at radius 1 is 1.28 bits per heavy atom. The molecule has 0 spiro atoms. The molecule has 2 rings (SSSR count). The van der Waals surface area contributed by atoms with E-state index in [1.54, 1.807) is 13.8 Å². The Labute approximate surface area is 144 Å². The highest BCUT2D eigenvalue weighted by molar-refractivity contribution is 6.08. The number of benzene rings is 1. The summed E-state index contributed by atoms with van der Waals surface area (Å²) in [4.78, 5) is 49.0. The number of nitrogens with one attached hydrogen (secondary N) is 1. The molecule has 1 aromatic carbocycles. The Kier molecular flexibility index (Phi) is 5.20. The highest BCUT2D eigenvalue weighted by Crippen LogP contribution is 2.20. The Balaban J connectivity index is 1.98. The van der Waals surface area contributed by atoms with Crippen LogP contribution >= 0.6 is 0 Å². The SMILES string of the molecule is CC[C@]1(C)NC(=O)N(CC(=O)O[C@H](C)C(=O)c2ccc(F)cc2)C1=O. The maximum atomic E-state index is 12.9. The Morgan fingerprint density at radius 2 is 1.88 bits per heavy atom. The summed E-state index contributed by atoms with van der Waals surface area (Å²) < 4.78 is 17.9. The second-order valence-corrected chi connectivity index (χ2v) is 6.01. The molecule has 134 valence electrons. The molecular weight excluding hydrogens is 331 g/mol. The Bertz CT molecular complexity index is 718. The van der Waals surface area contributed by atoms with Crippen molar-refractivity contribution in [3.8, 4) is 0 Å². The number of nitrogens with zero attached hydrogens (tertiary/aromatic N) is 1. The van der Waals surface area contributed by atoms with Gasteiger partial charge in [0.2, 0.25) is 5.78 Å². The molecular formula is C17H19FN2O5. The average molecular weight is 350 g/mol. The molecule has 1 aromatic rings. The van der Waals surface area contributed by atoms with Crippen molar-refractivity contribution in [2.75, 3.05) is 6.54 Å². The first-order chi connectivity index (χ1) is 11.7. The van der Waals surface area contributed by atoms with Crippen LogP contribution in [0.25, 0.3) is 0 Å². The fourth-order valence-electron chi connectivity index (χ4n) is 2.40. The van der Waals surface area contributed by atoms with E-state index in [9.17, 15) is 23.6 Å². The predicted octanol–water partition coefficient (Wildman–Crippen LogP) is 1.66. The number of ketones is 1. The lowest BCUT2D eigenvalue weighted by molar-refractivity contribution is -0.149. The molecule has 7 nitrogen and oxygen atoms in total. The quantitative estimate of drug-likeness (QED) is 0.478. The molecule has 1 aliphatic rings. The molecule has 0 bridgehead atoms. The summed E-state index contributed by atoms with van der Waals surface area (Å²) in [6, 6.07) is 4.14. The Hall–Kier alpha value is -2.77. The summed E-state index contributed by atoms with van der Waals surface area (Å²) in [5, 5.41) is 2.52. The van der Waals surface area contributed by atoms with Crippen molar-refractivity contribution in [3.05, 3.63) is 35.6 Å². The molecule has 8 heteroatoms. The maximum absolute atomic E-state index is 12.9. The lowest BCUT2D eigenvalue weighted by Gasteiger charge is -2.19. The van der Waals surface area contributed by atoms with Gasteiger partial charge in [-0.05, 0) is 44.5 Å². The molecule has 0 unspecified atom stereocenters. The topological polar surface area (TPSA) is 92.8 Å². The minimum absolute atomic E-state index is 0.190. The first-order valence-corrected chi connectivity index (χ1v) is 7.81. The number of urea groups is 1. The zero-order valence-electron chi connectivity index (χ0n) is 14.2. The van der Waals surface area contributed by atoms with Gasteiger partial charge in [-0.2, -0.15) is 0 Å². The van der Waals surface area contributed by atoms with E-state index in [0.29, 0.717) is 6.42 Å². The molecule has 0 saturated carbocycles. The number of esters is 1. The van der Waals surface area contributed by atoms with Gasteiger partial charge >= 0.3 is 12.0 Å². The van der Waals surface area contributed by atoms with Crippen LogP contribution in [0.15, 0.2) is 24.3 Å². The molecule has 2 atom stereocenters. The second kappa shape index (κ2) is 7.00. The number of amides is 3. The molecule has 1 aliphatic heterocycles. The smallest absolute Gasteiger partial charge is 0.326 e. The first kappa shape index (κ1) is 18.6. The van der Waals surface area contributed by atoms with Gasteiger partial charge in [0.25, 0.3) is 5.91 Å². The molecule has 1 fully saturated rings. The van der Waals surface area contributed by atoms with Crippen LogP contribution in [0.1, 0.15) is 37.6 Å². The fourth-order valence-corrected chi connectivity index (χ4v) is 2.40. The predicted molar refractivity (Wildman–Crippen MR) is 85.2 cm³/mol. The van der Waals surface area contributed by atoms with Gasteiger partial charge in [-0.15, -0.1) is 0 Å². The maximum Gasteiger partial charge on any atom is 0.326 e. The molecule has 0 radical (unpaired) electrons. The van der Waals surface area contributed by atoms with E-state index in [-0.39, 0.29) is 5.56 Å². The van der Waals surface area contributed by atoms with E-state index in [1.165, 1.54) is 19.1 Å². The molecule has 0 aromatic heterocycles. The minimum atomic E-state index is -1.13. The van der Waals surface area contributed by atoms with Crippen LogP contribution in [-0.2, 0) is 14.3 Å². The summed E-state index contributed by atoms with van der Waals surface area (Å²) in [5.74, 6) is -2.40. The van der Waals surface area contributed by atoms with Crippen molar-refractivity contribution in [3.63, 3.8) is 0 Å². The summed E-state index contributed by atoms with van der Waals surface area (Å²) in [6.45, 7) is 4.09. The van der Waals surface area contributed by atoms with Gasteiger partial charge < -0.3 is 10.1 Å². The van der Waals surface area contributed by atoms with E-state index < -0.39 is 47.7 Å². The van der Waals surface area contributed by atoms with Gasteiger partial charge in [0.05, 0.1) is 0 Å². The largest absolute Gasteiger partial charge is 0.453 e. The average Bonchev–Trinajstić information content (AvgIpc) is 2.78. The van der Waals surface area contributed by atoms with Crippen molar-refractivity contribution in [1.29, 1.82) is 0 Å². The summed E-state index contributed by atoms with van der Waals surface area (Å²) in [6.07, 6.45) is -0.751. The monoisotopic (exact) mass is 350 g/mol. The number of imide groups is 1. The number of hydrogen-bond acceptors (Lipinski definition) is 5. The second-order valence-electron chi connectivity index (χ2n) is 6.01. The van der Waals surface area contributed by atoms with Gasteiger partial charge in [0.1, 0.15) is 17.9 Å². The standard InChI is InChI=1S/C17H19FN2O5/c1-4-17(3)15(23)20(16(24)19-17)9-13(21)25-10(2)14(22)11-5-7-12(18)8-6-11/h5-8,10H,4,9H2,1-3H3,(H,19,24)/t10-,17+/m1/s1. The zero-order chi connectivity index (χ0) is 18.8. The molecule has 25 heavy (non-hydrogen) atoms. The van der Waals surface area contributed by atoms with Gasteiger partial charge in [-0.25, -0.2) is 9.18 Å². The zero-order valence-corrected chi connectivity index (χ0v) is 14.2. The molecule has 1 saturated heterocycles. The van der Waals surface area contributed by atoms with Crippen LogP contribution < -0.4 is 5.32 Å². The van der Waals surface area contributed by atoms with E-state index in [1.807, 2.05) is 0 Å². The highest BCUT2D eigenvalue weighted by Gasteiger charge is 2.47. The number of ether oxygens (including phenoxy) is 1. The van der Waals surface area contributed by atoms with Crippen LogP contribution in [0.5, 0.6) is 0 Å². The van der Waals surface area contributed by atoms with Crippen molar-refractivity contribution in [1.82, 2.24) is 10.2 Å². The van der Waals surface area contributed by atoms with Gasteiger partial charge in [-0.3, -0.25) is 19.3 Å². The van der Waals surface area contributed by atoms with Crippen molar-refractivity contribution in [2.45, 2.75) is 38.8 Å². The van der Waals surface area contributed by atoms with Crippen molar-refractivity contribution in [2.24, 2.45) is 0 Å². The summed E-state index contributed by atoms with van der Waals surface area (Å²) >= 11 is 0. The molecule has 0 aliphatic carbocycles. The van der Waals surface area contributed by atoms with Gasteiger partial charge in [0, 0.05) is 5.56 Å². The lowest BCUT2D eigenvalue weighted by Crippen LogP contribution is -2.43. The lowest BCUT2D eigenvalue weighted by atomic mass is 9.99. The van der Waals surface area contributed by atoms with Gasteiger partial charge in [0.15, 0.2) is 6.10 Å². The first-order valence-electron chi connectivity index (χ1n) is 7.81. The number of rotatable bonds is 6. The number of carbonyl (C=O) groups excluding carboxylic acids is 4. The highest BCUT2D eigenvalue weighted by atomic mass is 19.1. The molecule has 1 N–H and O–H groups in total. The van der Waals surface area contributed by atoms with E-state index in [0.717, 1.165) is 17.0 Å². The van der Waals surface area contributed by atoms with Crippen LogP contribution in [0.2, 0.25) is 0 Å². The minimum Gasteiger partial charge on any atom is -0.453 e. The number of Topliss-reactive ketones (excluding diaryl/α,β-unsaturated/α-hetero) is 1. The number of halogens is 1. The third-order valence-corrected chi connectivity index (χ3v) is 4.15. The van der Waals surface area contributed by atoms with Gasteiger partial charge in [-0.1, -0.05) is 6.92 Å². The molecule has 1 heterocycles. The van der Waals surface area contributed by atoms with E-state index >= 15 is 0 Å². The van der Waals surface area contributed by atoms with E-state index in [2.05, 4.69) is 5.32 Å². The number of hydrogen-bond donors (Lipinski definition) is 1. The third kappa shape index (κ3) is 3.84. The Morgan fingerprint density at radius 3 is 2.40 bits per heavy atom.